The first kappa shape index (κ1) is 12.3. The summed E-state index contributed by atoms with van der Waals surface area (Å²) in [6.07, 6.45) is 1.60. The average Bonchev–Trinajstić information content (AvgIpc) is 2.34. The highest BCUT2D eigenvalue weighted by Gasteiger charge is 2.05. The summed E-state index contributed by atoms with van der Waals surface area (Å²) < 4.78 is 0. The van der Waals surface area contributed by atoms with Gasteiger partial charge in [-0.2, -0.15) is 5.26 Å². The summed E-state index contributed by atoms with van der Waals surface area (Å²) >= 11 is 13.3. The summed E-state index contributed by atoms with van der Waals surface area (Å²) in [7, 11) is 0. The monoisotopic (exact) mass is 280 g/mol. The van der Waals surface area contributed by atoms with Crippen LogP contribution in [0.5, 0.6) is 0 Å². The van der Waals surface area contributed by atoms with Crippen molar-refractivity contribution in [2.45, 2.75) is 9.92 Å². The van der Waals surface area contributed by atoms with Gasteiger partial charge in [-0.05, 0) is 30.3 Å². The number of hydrogen-bond acceptors (Lipinski definition) is 3. The van der Waals surface area contributed by atoms with Crippen molar-refractivity contribution in [3.05, 3.63) is 52.1 Å². The molecule has 0 aliphatic carbocycles. The smallest absolute Gasteiger partial charge is 0.102 e. The van der Waals surface area contributed by atoms with E-state index in [1.165, 1.54) is 11.8 Å². The van der Waals surface area contributed by atoms with Crippen LogP contribution in [0.25, 0.3) is 0 Å². The first-order valence-electron chi connectivity index (χ1n) is 4.68. The maximum absolute atomic E-state index is 8.79. The maximum atomic E-state index is 8.79. The van der Waals surface area contributed by atoms with Gasteiger partial charge in [0.25, 0.3) is 0 Å². The van der Waals surface area contributed by atoms with Crippen LogP contribution in [-0.2, 0) is 0 Å². The molecule has 2 aromatic rings. The Morgan fingerprint density at radius 1 is 1.18 bits per heavy atom. The molecule has 1 heterocycles. The minimum absolute atomic E-state index is 0.570. The topological polar surface area (TPSA) is 36.7 Å². The molecule has 2 rings (SSSR count). The van der Waals surface area contributed by atoms with Gasteiger partial charge in [0.1, 0.15) is 5.03 Å². The predicted octanol–water partition coefficient (Wildman–Crippen LogP) is 4.41. The highest BCUT2D eigenvalue weighted by Crippen LogP contribution is 2.34. The Morgan fingerprint density at radius 2 is 2.00 bits per heavy atom. The molecular formula is C12H6Cl2N2S. The van der Waals surface area contributed by atoms with Gasteiger partial charge in [0, 0.05) is 16.1 Å². The number of hydrogen-bond donors (Lipinski definition) is 0. The Morgan fingerprint density at radius 3 is 2.76 bits per heavy atom. The Labute approximate surface area is 113 Å². The summed E-state index contributed by atoms with van der Waals surface area (Å²) in [6.45, 7) is 0. The number of pyridine rings is 1. The zero-order valence-corrected chi connectivity index (χ0v) is 10.9. The zero-order valence-electron chi connectivity index (χ0n) is 8.52. The van der Waals surface area contributed by atoms with Crippen molar-refractivity contribution in [2.75, 3.05) is 0 Å². The molecule has 0 saturated heterocycles. The van der Waals surface area contributed by atoms with Crippen LogP contribution in [0.3, 0.4) is 0 Å². The molecule has 0 saturated carbocycles. The number of halogens is 2. The highest BCUT2D eigenvalue weighted by atomic mass is 35.5. The van der Waals surface area contributed by atoms with Crippen LogP contribution in [0.4, 0.5) is 0 Å². The highest BCUT2D eigenvalue weighted by molar-refractivity contribution is 7.99. The summed E-state index contributed by atoms with van der Waals surface area (Å²) in [5, 5.41) is 10.7. The lowest BCUT2D eigenvalue weighted by Gasteiger charge is -2.04. The van der Waals surface area contributed by atoms with Gasteiger partial charge >= 0.3 is 0 Å². The molecule has 0 amide bonds. The normalized spacial score (nSPS) is 9.94. The second kappa shape index (κ2) is 5.42. The van der Waals surface area contributed by atoms with E-state index in [0.29, 0.717) is 20.6 Å². The van der Waals surface area contributed by atoms with Gasteiger partial charge in [0.15, 0.2) is 0 Å². The van der Waals surface area contributed by atoms with Gasteiger partial charge in [-0.15, -0.1) is 0 Å². The molecule has 0 aliphatic heterocycles. The molecular weight excluding hydrogens is 275 g/mol. The van der Waals surface area contributed by atoms with E-state index >= 15 is 0 Å². The molecule has 0 atom stereocenters. The quantitative estimate of drug-likeness (QED) is 0.818. The molecule has 2 nitrogen and oxygen atoms in total. The van der Waals surface area contributed by atoms with Crippen LogP contribution in [0.2, 0.25) is 10.0 Å². The predicted molar refractivity (Wildman–Crippen MR) is 69.5 cm³/mol. The van der Waals surface area contributed by atoms with Crippen LogP contribution in [0.15, 0.2) is 46.5 Å². The summed E-state index contributed by atoms with van der Waals surface area (Å²) in [6, 6.07) is 10.7. The lowest BCUT2D eigenvalue weighted by Crippen LogP contribution is -1.82. The van der Waals surface area contributed by atoms with Crippen molar-refractivity contribution in [2.24, 2.45) is 0 Å². The van der Waals surface area contributed by atoms with Crippen LogP contribution in [0, 0.1) is 11.3 Å². The second-order valence-electron chi connectivity index (χ2n) is 3.17. The van der Waals surface area contributed by atoms with Crippen molar-refractivity contribution in [3.8, 4) is 6.07 Å². The molecule has 84 valence electrons. The molecule has 1 aromatic heterocycles. The van der Waals surface area contributed by atoms with E-state index in [-0.39, 0.29) is 0 Å². The molecule has 0 bridgehead atoms. The van der Waals surface area contributed by atoms with Gasteiger partial charge in [0.2, 0.25) is 0 Å². The molecule has 0 unspecified atom stereocenters. The van der Waals surface area contributed by atoms with Crippen molar-refractivity contribution >= 4 is 35.0 Å². The van der Waals surface area contributed by atoms with Crippen LogP contribution < -0.4 is 0 Å². The summed E-state index contributed by atoms with van der Waals surface area (Å²) in [5.41, 5.74) is 0.570. The van der Waals surface area contributed by atoms with Crippen molar-refractivity contribution in [1.82, 2.24) is 4.98 Å². The van der Waals surface area contributed by atoms with Gasteiger partial charge in [0.05, 0.1) is 16.7 Å². The van der Waals surface area contributed by atoms with Gasteiger partial charge in [-0.1, -0.05) is 35.0 Å². The lowest BCUT2D eigenvalue weighted by atomic mass is 10.3. The lowest BCUT2D eigenvalue weighted by molar-refractivity contribution is 1.12. The first-order valence-corrected chi connectivity index (χ1v) is 6.25. The van der Waals surface area contributed by atoms with Crippen molar-refractivity contribution < 1.29 is 0 Å². The van der Waals surface area contributed by atoms with Gasteiger partial charge < -0.3 is 0 Å². The summed E-state index contributed by atoms with van der Waals surface area (Å²) in [4.78, 5) is 4.98. The van der Waals surface area contributed by atoms with E-state index in [1.807, 2.05) is 0 Å². The number of nitriles is 1. The zero-order chi connectivity index (χ0) is 12.3. The van der Waals surface area contributed by atoms with E-state index in [2.05, 4.69) is 11.1 Å². The molecule has 17 heavy (non-hydrogen) atoms. The Bertz CT molecular complexity index is 593. The number of aromatic nitrogens is 1. The van der Waals surface area contributed by atoms with E-state index in [9.17, 15) is 0 Å². The van der Waals surface area contributed by atoms with E-state index < -0.39 is 0 Å². The SMILES string of the molecule is N#Cc1ccnc(Sc2cc(Cl)ccc2Cl)c1. The fraction of sp³-hybridized carbons (Fsp3) is 0. The molecule has 1 aromatic carbocycles. The molecule has 0 fully saturated rings. The van der Waals surface area contributed by atoms with Crippen molar-refractivity contribution in [3.63, 3.8) is 0 Å². The van der Waals surface area contributed by atoms with E-state index in [1.54, 1.807) is 36.5 Å². The van der Waals surface area contributed by atoms with Crippen molar-refractivity contribution in [1.29, 1.82) is 5.26 Å². The summed E-state index contributed by atoms with van der Waals surface area (Å²) in [5.74, 6) is 0. The third kappa shape index (κ3) is 3.13. The Kier molecular flexibility index (Phi) is 3.90. The minimum Gasteiger partial charge on any atom is -0.250 e. The van der Waals surface area contributed by atoms with Gasteiger partial charge in [-0.25, -0.2) is 4.98 Å². The largest absolute Gasteiger partial charge is 0.250 e. The van der Waals surface area contributed by atoms with Gasteiger partial charge in [-0.3, -0.25) is 0 Å². The molecule has 0 N–H and O–H groups in total. The van der Waals surface area contributed by atoms with Crippen LogP contribution >= 0.6 is 35.0 Å². The van der Waals surface area contributed by atoms with E-state index in [4.69, 9.17) is 28.5 Å². The second-order valence-corrected chi connectivity index (χ2v) is 5.08. The number of nitrogens with zero attached hydrogens (tertiary/aromatic N) is 2. The third-order valence-corrected chi connectivity index (χ3v) is 3.64. The number of benzene rings is 1. The standard InChI is InChI=1S/C12H6Cl2N2S/c13-9-1-2-10(14)11(6-9)17-12-5-8(7-15)3-4-16-12/h1-6H. The average molecular weight is 281 g/mol. The first-order chi connectivity index (χ1) is 8.19. The molecule has 0 spiro atoms. The maximum Gasteiger partial charge on any atom is 0.102 e. The molecule has 5 heteroatoms. The molecule has 0 radical (unpaired) electrons. The fourth-order valence-corrected chi connectivity index (χ4v) is 2.55. The minimum atomic E-state index is 0.570. The van der Waals surface area contributed by atoms with Crippen LogP contribution in [-0.4, -0.2) is 4.98 Å². The van der Waals surface area contributed by atoms with E-state index in [0.717, 1.165) is 4.90 Å². The number of rotatable bonds is 2. The Balaban J connectivity index is 2.31. The Hall–Kier alpha value is -1.21. The fourth-order valence-electron chi connectivity index (χ4n) is 1.20. The van der Waals surface area contributed by atoms with Crippen LogP contribution in [0.1, 0.15) is 5.56 Å². The molecule has 0 aliphatic rings. The third-order valence-electron chi connectivity index (χ3n) is 1.97.